The van der Waals surface area contributed by atoms with Crippen molar-refractivity contribution >= 4 is 11.6 Å². The molecular weight excluding hydrogens is 352 g/mol. The molecule has 1 aromatic carbocycles. The molecule has 6 nitrogen and oxygen atoms in total. The standard InChI is InChI=1S/C22H36N4O2/c1-3-23-22(26-12-10-20(17-26)18-28-14-13-27-2)24-15-19-9-11-25(16-19)21-7-5-4-6-8-21/h4-8,19-20H,3,9-18H2,1-2H3,(H,23,24). The molecule has 2 aliphatic heterocycles. The second-order valence-corrected chi connectivity index (χ2v) is 7.80. The van der Waals surface area contributed by atoms with Gasteiger partial charge in [-0.1, -0.05) is 18.2 Å². The van der Waals surface area contributed by atoms with Crippen LogP contribution in [0, 0.1) is 11.8 Å². The summed E-state index contributed by atoms with van der Waals surface area (Å²) in [6.45, 7) is 10.4. The highest BCUT2D eigenvalue weighted by Gasteiger charge is 2.26. The van der Waals surface area contributed by atoms with Gasteiger partial charge in [-0.25, -0.2) is 0 Å². The molecule has 0 saturated carbocycles. The van der Waals surface area contributed by atoms with E-state index in [0.717, 1.165) is 51.8 Å². The number of anilines is 1. The van der Waals surface area contributed by atoms with Crippen molar-refractivity contribution in [3.63, 3.8) is 0 Å². The Balaban J connectivity index is 1.47. The molecule has 3 rings (SSSR count). The van der Waals surface area contributed by atoms with Gasteiger partial charge in [0.2, 0.25) is 0 Å². The van der Waals surface area contributed by atoms with Crippen LogP contribution in [0.4, 0.5) is 5.69 Å². The zero-order chi connectivity index (χ0) is 19.6. The van der Waals surface area contributed by atoms with Crippen LogP contribution in [0.3, 0.4) is 0 Å². The second kappa shape index (κ2) is 11.3. The summed E-state index contributed by atoms with van der Waals surface area (Å²) in [5.74, 6) is 2.28. The van der Waals surface area contributed by atoms with Crippen LogP contribution >= 0.6 is 0 Å². The van der Waals surface area contributed by atoms with Crippen LogP contribution in [-0.4, -0.2) is 77.1 Å². The molecule has 0 aromatic heterocycles. The molecule has 1 N–H and O–H groups in total. The Hall–Kier alpha value is -1.79. The van der Waals surface area contributed by atoms with Gasteiger partial charge in [-0.15, -0.1) is 0 Å². The summed E-state index contributed by atoms with van der Waals surface area (Å²) >= 11 is 0. The van der Waals surface area contributed by atoms with Gasteiger partial charge in [-0.05, 0) is 37.8 Å². The van der Waals surface area contributed by atoms with Gasteiger partial charge in [-0.2, -0.15) is 0 Å². The van der Waals surface area contributed by atoms with E-state index in [-0.39, 0.29) is 0 Å². The third kappa shape index (κ3) is 6.11. The van der Waals surface area contributed by atoms with E-state index in [1.807, 2.05) is 0 Å². The maximum atomic E-state index is 5.72. The fourth-order valence-corrected chi connectivity index (χ4v) is 4.05. The Morgan fingerprint density at radius 2 is 1.93 bits per heavy atom. The van der Waals surface area contributed by atoms with Crippen LogP contribution in [0.2, 0.25) is 0 Å². The van der Waals surface area contributed by atoms with Gasteiger partial charge in [0.15, 0.2) is 5.96 Å². The van der Waals surface area contributed by atoms with Gasteiger partial charge in [0.25, 0.3) is 0 Å². The topological polar surface area (TPSA) is 49.3 Å². The second-order valence-electron chi connectivity index (χ2n) is 7.80. The van der Waals surface area contributed by atoms with E-state index in [1.165, 1.54) is 18.5 Å². The first-order valence-electron chi connectivity index (χ1n) is 10.7. The molecule has 156 valence electrons. The fraction of sp³-hybridized carbons (Fsp3) is 0.682. The van der Waals surface area contributed by atoms with Gasteiger partial charge >= 0.3 is 0 Å². The number of benzene rings is 1. The van der Waals surface area contributed by atoms with E-state index in [4.69, 9.17) is 14.5 Å². The monoisotopic (exact) mass is 388 g/mol. The summed E-state index contributed by atoms with van der Waals surface area (Å²) in [4.78, 5) is 9.88. The van der Waals surface area contributed by atoms with Crippen LogP contribution in [0.15, 0.2) is 35.3 Å². The first kappa shape index (κ1) is 20.9. The molecule has 6 heteroatoms. The Kier molecular flexibility index (Phi) is 8.42. The number of guanidine groups is 1. The molecule has 0 radical (unpaired) electrons. The smallest absolute Gasteiger partial charge is 0.193 e. The number of rotatable bonds is 9. The van der Waals surface area contributed by atoms with Crippen LogP contribution in [0.1, 0.15) is 19.8 Å². The van der Waals surface area contributed by atoms with E-state index in [0.29, 0.717) is 25.0 Å². The zero-order valence-electron chi connectivity index (χ0n) is 17.5. The van der Waals surface area contributed by atoms with Crippen molar-refractivity contribution in [3.05, 3.63) is 30.3 Å². The Labute approximate surface area is 169 Å². The number of aliphatic imine (C=N–C) groups is 1. The summed E-state index contributed by atoms with van der Waals surface area (Å²) < 4.78 is 10.8. The molecular formula is C22H36N4O2. The SMILES string of the molecule is CCNC(=NCC1CCN(c2ccccc2)C1)N1CCC(COCCOC)C1. The molecule has 2 saturated heterocycles. The minimum Gasteiger partial charge on any atom is -0.382 e. The lowest BCUT2D eigenvalue weighted by Crippen LogP contribution is -2.40. The molecule has 2 heterocycles. The summed E-state index contributed by atoms with van der Waals surface area (Å²) in [7, 11) is 1.71. The van der Waals surface area contributed by atoms with E-state index in [2.05, 4.69) is 52.4 Å². The Morgan fingerprint density at radius 1 is 1.11 bits per heavy atom. The number of ether oxygens (including phenoxy) is 2. The minimum atomic E-state index is 0.584. The maximum Gasteiger partial charge on any atom is 0.193 e. The van der Waals surface area contributed by atoms with Crippen LogP contribution < -0.4 is 10.2 Å². The van der Waals surface area contributed by atoms with Crippen molar-refractivity contribution in [2.24, 2.45) is 16.8 Å². The third-order valence-corrected chi connectivity index (χ3v) is 5.61. The highest BCUT2D eigenvalue weighted by Crippen LogP contribution is 2.24. The molecule has 2 aliphatic rings. The number of likely N-dealkylation sites (tertiary alicyclic amines) is 1. The van der Waals surface area contributed by atoms with Crippen molar-refractivity contribution in [2.45, 2.75) is 19.8 Å². The van der Waals surface area contributed by atoms with Crippen molar-refractivity contribution < 1.29 is 9.47 Å². The van der Waals surface area contributed by atoms with Gasteiger partial charge in [0, 0.05) is 58.0 Å². The normalized spacial score (nSPS) is 22.9. The van der Waals surface area contributed by atoms with Crippen LogP contribution in [-0.2, 0) is 9.47 Å². The summed E-state index contributed by atoms with van der Waals surface area (Å²) in [6, 6.07) is 10.7. The molecule has 0 amide bonds. The Bertz CT molecular complexity index is 595. The minimum absolute atomic E-state index is 0.584. The molecule has 2 atom stereocenters. The number of hydrogen-bond donors (Lipinski definition) is 1. The number of para-hydroxylation sites is 1. The average Bonchev–Trinajstić information content (AvgIpc) is 3.39. The lowest BCUT2D eigenvalue weighted by molar-refractivity contribution is 0.0536. The van der Waals surface area contributed by atoms with Crippen LogP contribution in [0.25, 0.3) is 0 Å². The number of hydrogen-bond acceptors (Lipinski definition) is 4. The average molecular weight is 389 g/mol. The van der Waals surface area contributed by atoms with Crippen molar-refractivity contribution in [1.82, 2.24) is 10.2 Å². The van der Waals surface area contributed by atoms with Crippen molar-refractivity contribution in [2.75, 3.05) is 71.1 Å². The highest BCUT2D eigenvalue weighted by atomic mass is 16.5. The number of nitrogens with one attached hydrogen (secondary N) is 1. The summed E-state index contributed by atoms with van der Waals surface area (Å²) in [6.07, 6.45) is 2.39. The van der Waals surface area contributed by atoms with Gasteiger partial charge in [0.1, 0.15) is 0 Å². The lowest BCUT2D eigenvalue weighted by Gasteiger charge is -2.22. The molecule has 0 spiro atoms. The van der Waals surface area contributed by atoms with Gasteiger partial charge < -0.3 is 24.6 Å². The fourth-order valence-electron chi connectivity index (χ4n) is 4.05. The largest absolute Gasteiger partial charge is 0.382 e. The summed E-state index contributed by atoms with van der Waals surface area (Å²) in [5, 5.41) is 3.49. The number of nitrogens with zero attached hydrogens (tertiary/aromatic N) is 3. The first-order valence-corrected chi connectivity index (χ1v) is 10.7. The first-order chi connectivity index (χ1) is 13.8. The molecule has 1 aromatic rings. The third-order valence-electron chi connectivity index (χ3n) is 5.61. The van der Waals surface area contributed by atoms with E-state index in [9.17, 15) is 0 Å². The molecule has 28 heavy (non-hydrogen) atoms. The van der Waals surface area contributed by atoms with E-state index < -0.39 is 0 Å². The predicted octanol–water partition coefficient (Wildman–Crippen LogP) is 2.46. The molecule has 0 bridgehead atoms. The van der Waals surface area contributed by atoms with Crippen molar-refractivity contribution in [1.29, 1.82) is 0 Å². The molecule has 0 aliphatic carbocycles. The zero-order valence-corrected chi connectivity index (χ0v) is 17.5. The van der Waals surface area contributed by atoms with E-state index in [1.54, 1.807) is 7.11 Å². The lowest BCUT2D eigenvalue weighted by atomic mass is 10.1. The highest BCUT2D eigenvalue weighted by molar-refractivity contribution is 5.80. The number of methoxy groups -OCH3 is 1. The Morgan fingerprint density at radius 3 is 2.71 bits per heavy atom. The van der Waals surface area contributed by atoms with Crippen LogP contribution in [0.5, 0.6) is 0 Å². The van der Waals surface area contributed by atoms with Crippen molar-refractivity contribution in [3.8, 4) is 0 Å². The van der Waals surface area contributed by atoms with Gasteiger partial charge in [0.05, 0.1) is 19.8 Å². The van der Waals surface area contributed by atoms with Gasteiger partial charge in [-0.3, -0.25) is 4.99 Å². The summed E-state index contributed by atoms with van der Waals surface area (Å²) in [5.41, 5.74) is 1.33. The molecule has 2 fully saturated rings. The maximum absolute atomic E-state index is 5.72. The van der Waals surface area contributed by atoms with E-state index >= 15 is 0 Å². The molecule has 2 unspecified atom stereocenters. The predicted molar refractivity (Wildman–Crippen MR) is 115 cm³/mol. The quantitative estimate of drug-likeness (QED) is 0.400.